The molecule has 1 rings (SSSR count). The summed E-state index contributed by atoms with van der Waals surface area (Å²) in [5.41, 5.74) is -1.78. The zero-order valence-corrected chi connectivity index (χ0v) is 10.2. The number of halogens is 3. The summed E-state index contributed by atoms with van der Waals surface area (Å²) in [6, 6.07) is 0. The first-order valence-corrected chi connectivity index (χ1v) is 6.53. The lowest BCUT2D eigenvalue weighted by atomic mass is 9.98. The minimum Gasteiger partial charge on any atom is -0.480 e. The lowest BCUT2D eigenvalue weighted by Crippen LogP contribution is -2.57. The van der Waals surface area contributed by atoms with Crippen molar-refractivity contribution in [2.75, 3.05) is 6.54 Å². The molecule has 1 saturated carbocycles. The quantitative estimate of drug-likeness (QED) is 0.652. The van der Waals surface area contributed by atoms with Crippen LogP contribution in [0.15, 0.2) is 0 Å². The fraction of sp³-hybridized carbons (Fsp3) is 0.875. The van der Waals surface area contributed by atoms with E-state index in [9.17, 15) is 26.4 Å². The van der Waals surface area contributed by atoms with E-state index in [0.717, 1.165) is 6.92 Å². The smallest absolute Gasteiger partial charge is 0.402 e. The Morgan fingerprint density at radius 1 is 1.39 bits per heavy atom. The van der Waals surface area contributed by atoms with Gasteiger partial charge in [-0.2, -0.15) is 31.0 Å². The molecule has 0 spiro atoms. The summed E-state index contributed by atoms with van der Waals surface area (Å²) in [6.45, 7) is -0.609. The first-order chi connectivity index (χ1) is 7.96. The van der Waals surface area contributed by atoms with Gasteiger partial charge in [-0.25, -0.2) is 0 Å². The molecule has 0 radical (unpaired) electrons. The molecule has 0 amide bonds. The van der Waals surface area contributed by atoms with E-state index in [2.05, 4.69) is 0 Å². The molecular weight excluding hydrogens is 277 g/mol. The van der Waals surface area contributed by atoms with Crippen LogP contribution in [0.5, 0.6) is 0 Å². The van der Waals surface area contributed by atoms with Crippen LogP contribution in [0.25, 0.3) is 0 Å². The number of hydrogen-bond acceptors (Lipinski definition) is 3. The highest BCUT2D eigenvalue weighted by Gasteiger charge is 2.50. The normalized spacial score (nSPS) is 20.4. The maximum atomic E-state index is 11.9. The molecule has 0 aromatic heterocycles. The summed E-state index contributed by atoms with van der Waals surface area (Å²) in [4.78, 5) is 11.0. The number of aliphatic carboxylic acids is 1. The largest absolute Gasteiger partial charge is 0.480 e. The van der Waals surface area contributed by atoms with Gasteiger partial charge in [0.05, 0.1) is 0 Å². The summed E-state index contributed by atoms with van der Waals surface area (Å²) in [7, 11) is -4.52. The van der Waals surface area contributed by atoms with Crippen LogP contribution in [0.1, 0.15) is 19.8 Å². The van der Waals surface area contributed by atoms with Crippen molar-refractivity contribution in [3.8, 4) is 0 Å². The summed E-state index contributed by atoms with van der Waals surface area (Å²) < 4.78 is 61.4. The van der Waals surface area contributed by atoms with Gasteiger partial charge in [0.1, 0.15) is 12.1 Å². The molecule has 3 N–H and O–H groups in total. The second-order valence-electron chi connectivity index (χ2n) is 4.32. The van der Waals surface area contributed by atoms with Crippen LogP contribution in [-0.4, -0.2) is 37.8 Å². The van der Waals surface area contributed by atoms with Gasteiger partial charge in [0.2, 0.25) is 0 Å². The van der Waals surface area contributed by atoms with Crippen molar-refractivity contribution in [3.05, 3.63) is 0 Å². The molecule has 1 aliphatic carbocycles. The Labute approximate surface area is 102 Å². The van der Waals surface area contributed by atoms with Crippen LogP contribution in [0.2, 0.25) is 0 Å². The van der Waals surface area contributed by atoms with E-state index in [4.69, 9.17) is 5.11 Å². The van der Waals surface area contributed by atoms with Gasteiger partial charge in [0.15, 0.2) is 0 Å². The fourth-order valence-electron chi connectivity index (χ4n) is 1.45. The summed E-state index contributed by atoms with van der Waals surface area (Å²) >= 11 is 0. The Kier molecular flexibility index (Phi) is 3.94. The van der Waals surface area contributed by atoms with Crippen molar-refractivity contribution in [1.29, 1.82) is 0 Å². The third-order valence-corrected chi connectivity index (χ3v) is 3.86. The van der Waals surface area contributed by atoms with E-state index in [1.54, 1.807) is 4.72 Å². The van der Waals surface area contributed by atoms with Crippen LogP contribution in [0, 0.1) is 5.92 Å². The van der Waals surface area contributed by atoms with Crippen LogP contribution >= 0.6 is 0 Å². The van der Waals surface area contributed by atoms with Gasteiger partial charge >= 0.3 is 12.1 Å². The number of carboxylic acids is 1. The zero-order chi connectivity index (χ0) is 14.2. The molecule has 1 aliphatic rings. The lowest BCUT2D eigenvalue weighted by Gasteiger charge is -2.25. The van der Waals surface area contributed by atoms with Gasteiger partial charge in [0, 0.05) is 0 Å². The Morgan fingerprint density at radius 3 is 2.22 bits per heavy atom. The van der Waals surface area contributed by atoms with Gasteiger partial charge in [-0.05, 0) is 25.7 Å². The molecule has 1 atom stereocenters. The van der Waals surface area contributed by atoms with Crippen molar-refractivity contribution in [1.82, 2.24) is 9.44 Å². The second kappa shape index (κ2) is 4.67. The van der Waals surface area contributed by atoms with Gasteiger partial charge < -0.3 is 5.11 Å². The van der Waals surface area contributed by atoms with Gasteiger partial charge in [-0.3, -0.25) is 4.79 Å². The van der Waals surface area contributed by atoms with Crippen molar-refractivity contribution >= 4 is 16.2 Å². The molecule has 18 heavy (non-hydrogen) atoms. The molecular formula is C8H13F3N2O4S. The highest BCUT2D eigenvalue weighted by atomic mass is 32.2. The first-order valence-electron chi connectivity index (χ1n) is 5.05. The Hall–Kier alpha value is -0.870. The van der Waals surface area contributed by atoms with E-state index in [0.29, 0.717) is 12.8 Å². The molecule has 0 aromatic carbocycles. The molecule has 1 fully saturated rings. The highest BCUT2D eigenvalue weighted by Crippen LogP contribution is 2.40. The zero-order valence-electron chi connectivity index (χ0n) is 9.41. The van der Waals surface area contributed by atoms with Crippen molar-refractivity contribution in [2.24, 2.45) is 5.92 Å². The number of rotatable bonds is 6. The van der Waals surface area contributed by atoms with Crippen molar-refractivity contribution < 1.29 is 31.5 Å². The molecule has 10 heteroatoms. The fourth-order valence-corrected chi connectivity index (χ4v) is 2.69. The Balaban J connectivity index is 2.72. The number of nitrogens with one attached hydrogen (secondary N) is 2. The third-order valence-electron chi connectivity index (χ3n) is 2.65. The highest BCUT2D eigenvalue weighted by molar-refractivity contribution is 7.87. The van der Waals surface area contributed by atoms with Crippen LogP contribution in [0.4, 0.5) is 13.2 Å². The minimum absolute atomic E-state index is 0.405. The van der Waals surface area contributed by atoms with E-state index in [-0.39, 0.29) is 0 Å². The average molecular weight is 290 g/mol. The molecule has 1 unspecified atom stereocenters. The van der Waals surface area contributed by atoms with Crippen molar-refractivity contribution in [3.63, 3.8) is 0 Å². The summed E-state index contributed by atoms with van der Waals surface area (Å²) in [5, 5.41) is 8.96. The SMILES string of the molecule is CC(NS(=O)(=O)NCC(F)(F)F)(C(=O)O)C1CC1. The van der Waals surface area contributed by atoms with Crippen LogP contribution in [0.3, 0.4) is 0 Å². The van der Waals surface area contributed by atoms with Gasteiger partial charge in [-0.1, -0.05) is 0 Å². The molecule has 106 valence electrons. The van der Waals surface area contributed by atoms with E-state index >= 15 is 0 Å². The number of carbonyl (C=O) groups is 1. The topological polar surface area (TPSA) is 95.5 Å². The number of carboxylic acid groups (broad SMARTS) is 1. The molecule has 0 bridgehead atoms. The predicted octanol–water partition coefficient (Wildman–Crippen LogP) is 0.226. The molecule has 0 aliphatic heterocycles. The maximum absolute atomic E-state index is 11.9. The molecule has 0 saturated heterocycles. The monoisotopic (exact) mass is 290 g/mol. The summed E-state index contributed by atoms with van der Waals surface area (Å²) in [5.74, 6) is -1.82. The first kappa shape index (κ1) is 15.2. The summed E-state index contributed by atoms with van der Waals surface area (Å²) in [6.07, 6.45) is -3.66. The third kappa shape index (κ3) is 4.10. The average Bonchev–Trinajstić information content (AvgIpc) is 2.96. The number of alkyl halides is 3. The standard InChI is InChI=1S/C8H13F3N2O4S/c1-7(6(14)15,5-2-3-5)13-18(16,17)12-4-8(9,10)11/h5,12-13H,2-4H2,1H3,(H,14,15). The van der Waals surface area contributed by atoms with Gasteiger partial charge in [0.25, 0.3) is 10.2 Å². The second-order valence-corrected chi connectivity index (χ2v) is 5.82. The lowest BCUT2D eigenvalue weighted by molar-refractivity contribution is -0.144. The van der Waals surface area contributed by atoms with Gasteiger partial charge in [-0.15, -0.1) is 0 Å². The van der Waals surface area contributed by atoms with E-state index < -0.39 is 40.4 Å². The predicted molar refractivity (Wildman–Crippen MR) is 54.9 cm³/mol. The van der Waals surface area contributed by atoms with E-state index in [1.165, 1.54) is 4.72 Å². The number of hydrogen-bond donors (Lipinski definition) is 3. The molecule has 6 nitrogen and oxygen atoms in total. The molecule has 0 aromatic rings. The van der Waals surface area contributed by atoms with Crippen LogP contribution < -0.4 is 9.44 Å². The van der Waals surface area contributed by atoms with E-state index in [1.807, 2.05) is 0 Å². The van der Waals surface area contributed by atoms with Crippen molar-refractivity contribution in [2.45, 2.75) is 31.5 Å². The molecule has 0 heterocycles. The maximum Gasteiger partial charge on any atom is 0.402 e. The Bertz CT molecular complexity index is 432. The minimum atomic E-state index is -4.70. The Morgan fingerprint density at radius 2 is 1.89 bits per heavy atom. The van der Waals surface area contributed by atoms with Crippen LogP contribution in [-0.2, 0) is 15.0 Å².